The number of hydrogen-bond acceptors (Lipinski definition) is 2. The third kappa shape index (κ3) is 2.23. The highest BCUT2D eigenvalue weighted by molar-refractivity contribution is 4.89. The maximum Gasteiger partial charge on any atom is 0.0190 e. The van der Waals surface area contributed by atoms with Gasteiger partial charge in [-0.1, -0.05) is 13.8 Å². The van der Waals surface area contributed by atoms with Gasteiger partial charge >= 0.3 is 0 Å². The Morgan fingerprint density at radius 2 is 2.00 bits per heavy atom. The highest BCUT2D eigenvalue weighted by Gasteiger charge is 2.36. The third-order valence-corrected chi connectivity index (χ3v) is 3.93. The van der Waals surface area contributed by atoms with Crippen molar-refractivity contribution in [1.29, 1.82) is 0 Å². The van der Waals surface area contributed by atoms with Gasteiger partial charge < -0.3 is 5.73 Å². The van der Waals surface area contributed by atoms with E-state index in [0.717, 1.165) is 6.54 Å². The van der Waals surface area contributed by atoms with E-state index in [1.165, 1.54) is 32.4 Å². The largest absolute Gasteiger partial charge is 0.329 e. The smallest absolute Gasteiger partial charge is 0.0190 e. The van der Waals surface area contributed by atoms with Gasteiger partial charge in [0.15, 0.2) is 0 Å². The predicted octanol–water partition coefficient (Wildman–Crippen LogP) is 1.85. The first-order chi connectivity index (χ1) is 6.17. The molecule has 0 radical (unpaired) electrons. The minimum Gasteiger partial charge on any atom is -0.329 e. The van der Waals surface area contributed by atoms with Crippen LogP contribution in [0.2, 0.25) is 0 Å². The van der Waals surface area contributed by atoms with Crippen LogP contribution in [0.4, 0.5) is 0 Å². The lowest BCUT2D eigenvalue weighted by Crippen LogP contribution is -2.38. The predicted molar refractivity (Wildman–Crippen MR) is 57.7 cm³/mol. The van der Waals surface area contributed by atoms with E-state index < -0.39 is 0 Å². The van der Waals surface area contributed by atoms with Gasteiger partial charge in [-0.2, -0.15) is 0 Å². The van der Waals surface area contributed by atoms with Crippen LogP contribution in [0, 0.1) is 5.41 Å². The van der Waals surface area contributed by atoms with E-state index in [0.29, 0.717) is 11.5 Å². The van der Waals surface area contributed by atoms with Crippen LogP contribution in [0.1, 0.15) is 40.0 Å². The first kappa shape index (κ1) is 11.0. The summed E-state index contributed by atoms with van der Waals surface area (Å²) in [6.45, 7) is 10.2. The van der Waals surface area contributed by atoms with Gasteiger partial charge in [-0.25, -0.2) is 0 Å². The Kier molecular flexibility index (Phi) is 3.74. The SMILES string of the molecule is CCC1(CC)CCN(C(C)CN)C1. The van der Waals surface area contributed by atoms with Crippen LogP contribution in [0.5, 0.6) is 0 Å². The van der Waals surface area contributed by atoms with Gasteiger partial charge in [-0.15, -0.1) is 0 Å². The van der Waals surface area contributed by atoms with Crippen LogP contribution in [0.25, 0.3) is 0 Å². The number of hydrogen-bond donors (Lipinski definition) is 1. The average molecular weight is 184 g/mol. The van der Waals surface area contributed by atoms with Crippen molar-refractivity contribution in [1.82, 2.24) is 4.90 Å². The maximum absolute atomic E-state index is 5.68. The molecule has 1 rings (SSSR count). The van der Waals surface area contributed by atoms with E-state index in [1.54, 1.807) is 0 Å². The van der Waals surface area contributed by atoms with Crippen molar-refractivity contribution < 1.29 is 0 Å². The quantitative estimate of drug-likeness (QED) is 0.722. The van der Waals surface area contributed by atoms with Crippen LogP contribution in [-0.2, 0) is 0 Å². The minimum absolute atomic E-state index is 0.569. The topological polar surface area (TPSA) is 29.3 Å². The monoisotopic (exact) mass is 184 g/mol. The van der Waals surface area contributed by atoms with Gasteiger partial charge in [0.2, 0.25) is 0 Å². The van der Waals surface area contributed by atoms with Gasteiger partial charge in [0, 0.05) is 19.1 Å². The molecule has 0 saturated carbocycles. The van der Waals surface area contributed by atoms with E-state index in [1.807, 2.05) is 0 Å². The summed E-state index contributed by atoms with van der Waals surface area (Å²) in [5, 5.41) is 0. The number of nitrogens with two attached hydrogens (primary N) is 1. The first-order valence-corrected chi connectivity index (χ1v) is 5.61. The van der Waals surface area contributed by atoms with Crippen molar-refractivity contribution in [3.63, 3.8) is 0 Å². The van der Waals surface area contributed by atoms with Crippen LogP contribution >= 0.6 is 0 Å². The fraction of sp³-hybridized carbons (Fsp3) is 1.00. The van der Waals surface area contributed by atoms with Gasteiger partial charge in [0.1, 0.15) is 0 Å². The Morgan fingerprint density at radius 1 is 1.38 bits per heavy atom. The standard InChI is InChI=1S/C11H24N2/c1-4-11(5-2)6-7-13(9-11)10(3)8-12/h10H,4-9,12H2,1-3H3. The normalized spacial score (nSPS) is 24.9. The molecule has 1 aliphatic heterocycles. The maximum atomic E-state index is 5.68. The second kappa shape index (κ2) is 4.43. The summed E-state index contributed by atoms with van der Waals surface area (Å²) in [6.07, 6.45) is 4.00. The van der Waals surface area contributed by atoms with Gasteiger partial charge in [0.25, 0.3) is 0 Å². The fourth-order valence-corrected chi connectivity index (χ4v) is 2.32. The minimum atomic E-state index is 0.569. The molecule has 1 fully saturated rings. The summed E-state index contributed by atoms with van der Waals surface area (Å²) < 4.78 is 0. The molecule has 0 spiro atoms. The van der Waals surface area contributed by atoms with Gasteiger partial charge in [-0.3, -0.25) is 4.90 Å². The lowest BCUT2D eigenvalue weighted by Gasteiger charge is -2.28. The highest BCUT2D eigenvalue weighted by Crippen LogP contribution is 2.37. The highest BCUT2D eigenvalue weighted by atomic mass is 15.2. The van der Waals surface area contributed by atoms with E-state index >= 15 is 0 Å². The van der Waals surface area contributed by atoms with Crippen LogP contribution in [0.15, 0.2) is 0 Å². The third-order valence-electron chi connectivity index (χ3n) is 3.93. The molecule has 1 saturated heterocycles. The van der Waals surface area contributed by atoms with Crippen molar-refractivity contribution in [3.05, 3.63) is 0 Å². The molecule has 0 aliphatic carbocycles. The van der Waals surface area contributed by atoms with E-state index in [2.05, 4.69) is 25.7 Å². The molecular weight excluding hydrogens is 160 g/mol. The molecule has 1 unspecified atom stereocenters. The average Bonchev–Trinajstić information content (AvgIpc) is 2.61. The van der Waals surface area contributed by atoms with Crippen LogP contribution in [0.3, 0.4) is 0 Å². The number of rotatable bonds is 4. The van der Waals surface area contributed by atoms with Crippen molar-refractivity contribution >= 4 is 0 Å². The molecule has 1 heterocycles. The molecule has 0 aromatic heterocycles. The fourth-order valence-electron chi connectivity index (χ4n) is 2.32. The van der Waals surface area contributed by atoms with Crippen LogP contribution < -0.4 is 5.73 Å². The zero-order valence-electron chi connectivity index (χ0n) is 9.34. The summed E-state index contributed by atoms with van der Waals surface area (Å²) in [5.74, 6) is 0. The van der Waals surface area contributed by atoms with E-state index in [-0.39, 0.29) is 0 Å². The van der Waals surface area contributed by atoms with Crippen molar-refractivity contribution in [2.75, 3.05) is 19.6 Å². The zero-order chi connectivity index (χ0) is 9.90. The molecule has 78 valence electrons. The molecule has 2 heteroatoms. The van der Waals surface area contributed by atoms with E-state index in [4.69, 9.17) is 5.73 Å². The molecule has 0 bridgehead atoms. The number of likely N-dealkylation sites (tertiary alicyclic amines) is 1. The van der Waals surface area contributed by atoms with Crippen molar-refractivity contribution in [2.45, 2.75) is 46.1 Å². The molecule has 1 atom stereocenters. The second-order valence-electron chi connectivity index (χ2n) is 4.51. The molecular formula is C11H24N2. The summed E-state index contributed by atoms with van der Waals surface area (Å²) in [5.41, 5.74) is 6.28. The Labute approximate surface area is 82.5 Å². The Morgan fingerprint density at radius 3 is 2.38 bits per heavy atom. The Hall–Kier alpha value is -0.0800. The van der Waals surface area contributed by atoms with Gasteiger partial charge in [0.05, 0.1) is 0 Å². The summed E-state index contributed by atoms with van der Waals surface area (Å²) >= 11 is 0. The van der Waals surface area contributed by atoms with Crippen LogP contribution in [-0.4, -0.2) is 30.6 Å². The summed E-state index contributed by atoms with van der Waals surface area (Å²) in [7, 11) is 0. The Balaban J connectivity index is 2.51. The zero-order valence-corrected chi connectivity index (χ0v) is 9.34. The molecule has 2 N–H and O–H groups in total. The molecule has 1 aliphatic rings. The van der Waals surface area contributed by atoms with Crippen molar-refractivity contribution in [3.8, 4) is 0 Å². The second-order valence-corrected chi connectivity index (χ2v) is 4.51. The Bertz CT molecular complexity index is 152. The lowest BCUT2D eigenvalue weighted by molar-refractivity contribution is 0.206. The van der Waals surface area contributed by atoms with Crippen molar-refractivity contribution in [2.24, 2.45) is 11.1 Å². The molecule has 0 amide bonds. The molecule has 13 heavy (non-hydrogen) atoms. The van der Waals surface area contributed by atoms with Gasteiger partial charge in [-0.05, 0) is 38.1 Å². The molecule has 2 nitrogen and oxygen atoms in total. The molecule has 0 aromatic carbocycles. The van der Waals surface area contributed by atoms with E-state index in [9.17, 15) is 0 Å². The summed E-state index contributed by atoms with van der Waals surface area (Å²) in [6, 6.07) is 0.569. The number of nitrogens with zero attached hydrogens (tertiary/aromatic N) is 1. The first-order valence-electron chi connectivity index (χ1n) is 5.61. The molecule has 0 aromatic rings. The summed E-state index contributed by atoms with van der Waals surface area (Å²) in [4.78, 5) is 2.55. The lowest BCUT2D eigenvalue weighted by atomic mass is 9.82.